The Morgan fingerprint density at radius 3 is 2.73 bits per heavy atom. The van der Waals surface area contributed by atoms with E-state index in [1.807, 2.05) is 31.9 Å². The number of ether oxygens (including phenoxy) is 1. The summed E-state index contributed by atoms with van der Waals surface area (Å²) in [6, 6.07) is 1.07. The summed E-state index contributed by atoms with van der Waals surface area (Å²) in [6.07, 6.45) is 6.67. The monoisotopic (exact) mass is 307 g/mol. The van der Waals surface area contributed by atoms with Crippen molar-refractivity contribution in [1.29, 1.82) is 0 Å². The van der Waals surface area contributed by atoms with Crippen LogP contribution in [0.5, 0.6) is 0 Å². The van der Waals surface area contributed by atoms with Gasteiger partial charge in [0.05, 0.1) is 18.8 Å². The molecule has 1 aliphatic carbocycles. The molecule has 2 heterocycles. The highest BCUT2D eigenvalue weighted by Crippen LogP contribution is 2.26. The molecule has 0 radical (unpaired) electrons. The predicted octanol–water partition coefficient (Wildman–Crippen LogP) is 1.41. The van der Waals surface area contributed by atoms with Gasteiger partial charge in [0.25, 0.3) is 0 Å². The molecule has 1 saturated carbocycles. The van der Waals surface area contributed by atoms with E-state index in [1.54, 1.807) is 10.9 Å². The first-order chi connectivity index (χ1) is 10.4. The number of hydrogen-bond donors (Lipinski definition) is 1. The van der Waals surface area contributed by atoms with Crippen molar-refractivity contribution in [2.75, 3.05) is 6.54 Å². The van der Waals surface area contributed by atoms with Crippen LogP contribution in [0.25, 0.3) is 0 Å². The summed E-state index contributed by atoms with van der Waals surface area (Å²) in [5, 5.41) is 11.5. The fraction of sp³-hybridized carbons (Fsp3) is 0.800. The summed E-state index contributed by atoms with van der Waals surface area (Å²) >= 11 is 0. The highest BCUT2D eigenvalue weighted by Gasteiger charge is 2.39. The minimum Gasteiger partial charge on any atom is -0.444 e. The zero-order chi connectivity index (χ0) is 15.7. The van der Waals surface area contributed by atoms with Gasteiger partial charge in [0, 0.05) is 24.8 Å². The van der Waals surface area contributed by atoms with Gasteiger partial charge < -0.3 is 15.0 Å². The molecule has 2 fully saturated rings. The average Bonchev–Trinajstić information content (AvgIpc) is 2.92. The SMILES string of the molecule is CC(C)(C)OC(=O)N1CC(NC2CC2)C[C@@H]1Cn1ccnn1. The fourth-order valence-electron chi connectivity index (χ4n) is 2.88. The van der Waals surface area contributed by atoms with Gasteiger partial charge in [0.2, 0.25) is 0 Å². The second kappa shape index (κ2) is 5.87. The maximum Gasteiger partial charge on any atom is 0.410 e. The lowest BCUT2D eigenvalue weighted by Gasteiger charge is -2.28. The molecule has 1 saturated heterocycles. The third-order valence-electron chi connectivity index (χ3n) is 3.96. The number of carbonyl (C=O) groups is 1. The number of aromatic nitrogens is 3. The highest BCUT2D eigenvalue weighted by molar-refractivity contribution is 5.69. The molecule has 1 unspecified atom stereocenters. The summed E-state index contributed by atoms with van der Waals surface area (Å²) < 4.78 is 7.33. The molecule has 1 amide bonds. The molecule has 0 aromatic carbocycles. The van der Waals surface area contributed by atoms with E-state index in [-0.39, 0.29) is 12.1 Å². The Bertz CT molecular complexity index is 507. The number of rotatable bonds is 4. The van der Waals surface area contributed by atoms with Crippen molar-refractivity contribution in [2.45, 2.75) is 70.3 Å². The van der Waals surface area contributed by atoms with Crippen molar-refractivity contribution in [2.24, 2.45) is 0 Å². The number of likely N-dealkylation sites (tertiary alicyclic amines) is 1. The van der Waals surface area contributed by atoms with E-state index in [2.05, 4.69) is 15.6 Å². The first-order valence-corrected chi connectivity index (χ1v) is 8.00. The van der Waals surface area contributed by atoms with E-state index in [9.17, 15) is 4.79 Å². The van der Waals surface area contributed by atoms with Crippen LogP contribution in [0, 0.1) is 0 Å². The summed E-state index contributed by atoms with van der Waals surface area (Å²) in [7, 11) is 0. The lowest BCUT2D eigenvalue weighted by molar-refractivity contribution is 0.0208. The molecule has 22 heavy (non-hydrogen) atoms. The lowest BCUT2D eigenvalue weighted by Crippen LogP contribution is -2.42. The van der Waals surface area contributed by atoms with Crippen LogP contribution >= 0.6 is 0 Å². The smallest absolute Gasteiger partial charge is 0.410 e. The minimum absolute atomic E-state index is 0.0906. The van der Waals surface area contributed by atoms with Gasteiger partial charge in [-0.3, -0.25) is 4.68 Å². The maximum absolute atomic E-state index is 12.5. The van der Waals surface area contributed by atoms with E-state index in [0.29, 0.717) is 25.2 Å². The Labute approximate surface area is 131 Å². The molecule has 3 rings (SSSR count). The molecule has 7 heteroatoms. The Morgan fingerprint density at radius 2 is 2.14 bits per heavy atom. The van der Waals surface area contributed by atoms with Gasteiger partial charge in [-0.15, -0.1) is 5.10 Å². The second-order valence-electron chi connectivity index (χ2n) is 7.29. The van der Waals surface area contributed by atoms with E-state index in [1.165, 1.54) is 12.8 Å². The van der Waals surface area contributed by atoms with E-state index in [0.717, 1.165) is 6.42 Å². The number of nitrogens with one attached hydrogen (secondary N) is 1. The maximum atomic E-state index is 12.5. The second-order valence-corrected chi connectivity index (χ2v) is 7.29. The van der Waals surface area contributed by atoms with Gasteiger partial charge in [-0.25, -0.2) is 4.79 Å². The molecule has 122 valence electrons. The van der Waals surface area contributed by atoms with Crippen LogP contribution in [0.4, 0.5) is 4.79 Å². The topological polar surface area (TPSA) is 72.3 Å². The van der Waals surface area contributed by atoms with Crippen molar-refractivity contribution >= 4 is 6.09 Å². The number of nitrogens with zero attached hydrogens (tertiary/aromatic N) is 4. The molecular weight excluding hydrogens is 282 g/mol. The quantitative estimate of drug-likeness (QED) is 0.910. The normalized spacial score (nSPS) is 25.5. The molecule has 1 aromatic rings. The Morgan fingerprint density at radius 1 is 1.36 bits per heavy atom. The van der Waals surface area contributed by atoms with E-state index >= 15 is 0 Å². The summed E-state index contributed by atoms with van der Waals surface area (Å²) in [4.78, 5) is 14.3. The molecule has 1 N–H and O–H groups in total. The summed E-state index contributed by atoms with van der Waals surface area (Å²) in [6.45, 7) is 7.04. The van der Waals surface area contributed by atoms with Crippen LogP contribution < -0.4 is 5.32 Å². The molecule has 7 nitrogen and oxygen atoms in total. The Kier molecular flexibility index (Phi) is 4.08. The molecular formula is C15H25N5O2. The summed E-state index contributed by atoms with van der Waals surface area (Å²) in [5.41, 5.74) is -0.475. The van der Waals surface area contributed by atoms with Crippen LogP contribution in [0.1, 0.15) is 40.0 Å². The van der Waals surface area contributed by atoms with Crippen LogP contribution in [0.2, 0.25) is 0 Å². The Hall–Kier alpha value is -1.63. The van der Waals surface area contributed by atoms with Crippen molar-refractivity contribution in [3.8, 4) is 0 Å². The van der Waals surface area contributed by atoms with Crippen LogP contribution in [-0.2, 0) is 11.3 Å². The Balaban J connectivity index is 1.66. The largest absolute Gasteiger partial charge is 0.444 e. The third kappa shape index (κ3) is 3.97. The van der Waals surface area contributed by atoms with Gasteiger partial charge in [-0.2, -0.15) is 0 Å². The van der Waals surface area contributed by atoms with Crippen molar-refractivity contribution < 1.29 is 9.53 Å². The van der Waals surface area contributed by atoms with Crippen LogP contribution in [-0.4, -0.2) is 56.3 Å². The zero-order valence-electron chi connectivity index (χ0n) is 13.5. The van der Waals surface area contributed by atoms with Crippen molar-refractivity contribution in [1.82, 2.24) is 25.2 Å². The third-order valence-corrected chi connectivity index (χ3v) is 3.96. The number of amides is 1. The van der Waals surface area contributed by atoms with Crippen molar-refractivity contribution in [3.63, 3.8) is 0 Å². The molecule has 1 aromatic heterocycles. The van der Waals surface area contributed by atoms with Crippen LogP contribution in [0.15, 0.2) is 12.4 Å². The molecule has 2 aliphatic rings. The van der Waals surface area contributed by atoms with E-state index < -0.39 is 5.60 Å². The number of carbonyl (C=O) groups excluding carboxylic acids is 1. The first-order valence-electron chi connectivity index (χ1n) is 8.00. The van der Waals surface area contributed by atoms with Gasteiger partial charge in [-0.05, 0) is 40.0 Å². The average molecular weight is 307 g/mol. The standard InChI is InChI=1S/C15H25N5O2/c1-15(2,3)22-14(21)20-9-12(17-11-4-5-11)8-13(20)10-19-7-6-16-18-19/h6-7,11-13,17H,4-5,8-10H2,1-3H3/t12?,13-/m1/s1. The lowest BCUT2D eigenvalue weighted by atomic mass is 10.1. The van der Waals surface area contributed by atoms with E-state index in [4.69, 9.17) is 4.74 Å². The fourth-order valence-corrected chi connectivity index (χ4v) is 2.88. The van der Waals surface area contributed by atoms with Gasteiger partial charge >= 0.3 is 6.09 Å². The molecule has 2 atom stereocenters. The predicted molar refractivity (Wildman–Crippen MR) is 81.3 cm³/mol. The number of hydrogen-bond acceptors (Lipinski definition) is 5. The minimum atomic E-state index is -0.475. The zero-order valence-corrected chi connectivity index (χ0v) is 13.5. The van der Waals surface area contributed by atoms with Gasteiger partial charge in [-0.1, -0.05) is 5.21 Å². The first kappa shape index (κ1) is 15.3. The summed E-state index contributed by atoms with van der Waals surface area (Å²) in [5.74, 6) is 0. The molecule has 0 spiro atoms. The van der Waals surface area contributed by atoms with Gasteiger partial charge in [0.1, 0.15) is 5.60 Å². The molecule has 0 bridgehead atoms. The van der Waals surface area contributed by atoms with Crippen LogP contribution in [0.3, 0.4) is 0 Å². The van der Waals surface area contributed by atoms with Gasteiger partial charge in [0.15, 0.2) is 0 Å². The highest BCUT2D eigenvalue weighted by atomic mass is 16.6. The van der Waals surface area contributed by atoms with Crippen molar-refractivity contribution in [3.05, 3.63) is 12.4 Å². The molecule has 1 aliphatic heterocycles.